The Labute approximate surface area is 135 Å². The van der Waals surface area contributed by atoms with Crippen LogP contribution in [0.15, 0.2) is 48.5 Å². The number of phenols is 1. The van der Waals surface area contributed by atoms with Gasteiger partial charge < -0.3 is 10.0 Å². The van der Waals surface area contributed by atoms with Crippen molar-refractivity contribution in [2.24, 2.45) is 5.92 Å². The lowest BCUT2D eigenvalue weighted by atomic mass is 9.91. The average molecular weight is 313 g/mol. The third-order valence-corrected chi connectivity index (χ3v) is 4.37. The number of carbonyl (C=O) groups is 1. The van der Waals surface area contributed by atoms with E-state index in [-0.39, 0.29) is 5.91 Å². The van der Waals surface area contributed by atoms with E-state index < -0.39 is 11.6 Å². The van der Waals surface area contributed by atoms with E-state index in [2.05, 4.69) is 12.1 Å². The molecule has 0 aliphatic carbocycles. The van der Waals surface area contributed by atoms with Gasteiger partial charge in [-0.1, -0.05) is 30.3 Å². The summed E-state index contributed by atoms with van der Waals surface area (Å²) in [6, 6.07) is 14.1. The maximum atomic E-state index is 13.5. The molecule has 1 aliphatic rings. The van der Waals surface area contributed by atoms with Gasteiger partial charge in [-0.25, -0.2) is 4.39 Å². The second kappa shape index (κ2) is 6.82. The van der Waals surface area contributed by atoms with E-state index in [1.165, 1.54) is 17.7 Å². The van der Waals surface area contributed by atoms with Gasteiger partial charge in [-0.2, -0.15) is 0 Å². The molecule has 4 heteroatoms. The lowest BCUT2D eigenvalue weighted by Gasteiger charge is -2.33. The predicted molar refractivity (Wildman–Crippen MR) is 86.8 cm³/mol. The number of carbonyl (C=O) groups excluding carboxylic acids is 1. The van der Waals surface area contributed by atoms with Crippen molar-refractivity contribution in [1.82, 2.24) is 4.90 Å². The Morgan fingerprint density at radius 1 is 1.22 bits per heavy atom. The predicted octanol–water partition coefficient (Wildman–Crippen LogP) is 3.63. The normalized spacial score (nSPS) is 18.0. The second-order valence-electron chi connectivity index (χ2n) is 6.12. The molecule has 1 aliphatic heterocycles. The fraction of sp³-hybridized carbons (Fsp3) is 0.316. The summed E-state index contributed by atoms with van der Waals surface area (Å²) in [5.41, 5.74) is 1.57. The van der Waals surface area contributed by atoms with Gasteiger partial charge in [0.25, 0.3) is 5.91 Å². The summed E-state index contributed by atoms with van der Waals surface area (Å²) in [6.07, 6.45) is 3.01. The van der Waals surface area contributed by atoms with Crippen LogP contribution in [0.1, 0.15) is 28.8 Å². The van der Waals surface area contributed by atoms with Crippen LogP contribution < -0.4 is 0 Å². The Morgan fingerprint density at radius 2 is 2.00 bits per heavy atom. The number of nitrogens with zero attached hydrogens (tertiary/aromatic N) is 1. The number of hydrogen-bond donors (Lipinski definition) is 1. The number of amides is 1. The summed E-state index contributed by atoms with van der Waals surface area (Å²) in [4.78, 5) is 14.3. The minimum atomic E-state index is -0.756. The Hall–Kier alpha value is -2.36. The van der Waals surface area contributed by atoms with Crippen LogP contribution in [0.25, 0.3) is 0 Å². The Kier molecular flexibility index (Phi) is 4.60. The molecule has 0 unspecified atom stereocenters. The minimum Gasteiger partial charge on any atom is -0.505 e. The molecule has 2 aromatic rings. The first-order chi connectivity index (χ1) is 11.1. The van der Waals surface area contributed by atoms with Crippen LogP contribution in [-0.4, -0.2) is 29.0 Å². The molecule has 3 nitrogen and oxygen atoms in total. The zero-order valence-electron chi connectivity index (χ0n) is 12.9. The molecule has 0 bridgehead atoms. The number of piperidine rings is 1. The monoisotopic (exact) mass is 313 g/mol. The van der Waals surface area contributed by atoms with Gasteiger partial charge in [0.1, 0.15) is 0 Å². The minimum absolute atomic E-state index is 0.165. The molecular formula is C19H20FNO2. The maximum Gasteiger partial charge on any atom is 0.253 e. The Morgan fingerprint density at radius 3 is 2.74 bits per heavy atom. The van der Waals surface area contributed by atoms with Crippen molar-refractivity contribution >= 4 is 5.91 Å². The highest BCUT2D eigenvalue weighted by molar-refractivity contribution is 5.94. The first-order valence-electron chi connectivity index (χ1n) is 7.95. The standard InChI is InChI=1S/C19H20FNO2/c20-17-12-16(8-9-18(17)22)19(23)21-10-4-7-15(13-21)11-14-5-2-1-3-6-14/h1-3,5-6,8-9,12,15,22H,4,7,10-11,13H2/t15-/m1/s1. The third kappa shape index (κ3) is 3.70. The smallest absolute Gasteiger partial charge is 0.253 e. The molecule has 1 atom stereocenters. The van der Waals surface area contributed by atoms with E-state index in [4.69, 9.17) is 0 Å². The highest BCUT2D eigenvalue weighted by atomic mass is 19.1. The molecule has 1 saturated heterocycles. The van der Waals surface area contributed by atoms with E-state index in [1.807, 2.05) is 18.2 Å². The summed E-state index contributed by atoms with van der Waals surface area (Å²) in [7, 11) is 0. The lowest BCUT2D eigenvalue weighted by molar-refractivity contribution is 0.0673. The largest absolute Gasteiger partial charge is 0.505 e. The van der Waals surface area contributed by atoms with Crippen LogP contribution in [0.5, 0.6) is 5.75 Å². The number of aromatic hydroxyl groups is 1. The van der Waals surface area contributed by atoms with E-state index in [0.29, 0.717) is 24.6 Å². The van der Waals surface area contributed by atoms with Crippen molar-refractivity contribution in [3.05, 3.63) is 65.5 Å². The maximum absolute atomic E-state index is 13.5. The first-order valence-corrected chi connectivity index (χ1v) is 7.95. The van der Waals surface area contributed by atoms with Crippen LogP contribution in [0.2, 0.25) is 0 Å². The van der Waals surface area contributed by atoms with Gasteiger partial charge in [-0.15, -0.1) is 0 Å². The highest BCUT2D eigenvalue weighted by Crippen LogP contribution is 2.23. The molecule has 0 spiro atoms. The number of hydrogen-bond acceptors (Lipinski definition) is 2. The topological polar surface area (TPSA) is 40.5 Å². The fourth-order valence-corrected chi connectivity index (χ4v) is 3.19. The summed E-state index contributed by atoms with van der Waals surface area (Å²) in [5.74, 6) is -0.922. The molecule has 3 rings (SSSR count). The molecule has 0 saturated carbocycles. The van der Waals surface area contributed by atoms with Crippen molar-refractivity contribution in [1.29, 1.82) is 0 Å². The van der Waals surface area contributed by atoms with Crippen molar-refractivity contribution in [3.8, 4) is 5.75 Å². The summed E-state index contributed by atoms with van der Waals surface area (Å²) in [6.45, 7) is 1.39. The number of halogens is 1. The second-order valence-corrected chi connectivity index (χ2v) is 6.12. The van der Waals surface area contributed by atoms with Gasteiger partial charge in [0.2, 0.25) is 0 Å². The third-order valence-electron chi connectivity index (χ3n) is 4.37. The molecule has 1 heterocycles. The molecule has 1 amide bonds. The van der Waals surface area contributed by atoms with Gasteiger partial charge >= 0.3 is 0 Å². The number of phenolic OH excluding ortho intramolecular Hbond substituents is 1. The molecule has 1 fully saturated rings. The van der Waals surface area contributed by atoms with Gasteiger partial charge in [0.15, 0.2) is 11.6 Å². The van der Waals surface area contributed by atoms with Gasteiger partial charge in [0.05, 0.1) is 0 Å². The van der Waals surface area contributed by atoms with E-state index in [1.54, 1.807) is 4.90 Å². The lowest BCUT2D eigenvalue weighted by Crippen LogP contribution is -2.40. The molecule has 0 aromatic heterocycles. The van der Waals surface area contributed by atoms with E-state index in [0.717, 1.165) is 25.3 Å². The highest BCUT2D eigenvalue weighted by Gasteiger charge is 2.25. The zero-order valence-corrected chi connectivity index (χ0v) is 12.9. The molecule has 1 N–H and O–H groups in total. The summed E-state index contributed by atoms with van der Waals surface area (Å²) < 4.78 is 13.5. The Balaban J connectivity index is 1.68. The zero-order chi connectivity index (χ0) is 16.2. The van der Waals surface area contributed by atoms with Crippen molar-refractivity contribution in [2.75, 3.05) is 13.1 Å². The molecule has 0 radical (unpaired) electrons. The summed E-state index contributed by atoms with van der Waals surface area (Å²) >= 11 is 0. The first kappa shape index (κ1) is 15.5. The molecule has 23 heavy (non-hydrogen) atoms. The number of benzene rings is 2. The van der Waals surface area contributed by atoms with Gasteiger partial charge in [-0.05, 0) is 48.9 Å². The molecule has 120 valence electrons. The van der Waals surface area contributed by atoms with Crippen LogP contribution in [0, 0.1) is 11.7 Å². The fourth-order valence-electron chi connectivity index (χ4n) is 3.19. The van der Waals surface area contributed by atoms with Crippen LogP contribution in [0.4, 0.5) is 4.39 Å². The van der Waals surface area contributed by atoms with Crippen molar-refractivity contribution < 1.29 is 14.3 Å². The van der Waals surface area contributed by atoms with Gasteiger partial charge in [-0.3, -0.25) is 4.79 Å². The van der Waals surface area contributed by atoms with E-state index >= 15 is 0 Å². The van der Waals surface area contributed by atoms with Crippen LogP contribution in [0.3, 0.4) is 0 Å². The van der Waals surface area contributed by atoms with Crippen LogP contribution >= 0.6 is 0 Å². The average Bonchev–Trinajstić information content (AvgIpc) is 2.58. The van der Waals surface area contributed by atoms with E-state index in [9.17, 15) is 14.3 Å². The number of likely N-dealkylation sites (tertiary alicyclic amines) is 1. The Bertz CT molecular complexity index is 687. The quantitative estimate of drug-likeness (QED) is 0.940. The molecular weight excluding hydrogens is 293 g/mol. The summed E-state index contributed by atoms with van der Waals surface area (Å²) in [5, 5.41) is 9.24. The van der Waals surface area contributed by atoms with Crippen molar-refractivity contribution in [3.63, 3.8) is 0 Å². The SMILES string of the molecule is O=C(c1ccc(O)c(F)c1)N1CCC[C@H](Cc2ccccc2)C1. The van der Waals surface area contributed by atoms with Crippen molar-refractivity contribution in [2.45, 2.75) is 19.3 Å². The molecule has 2 aromatic carbocycles. The van der Waals surface area contributed by atoms with Crippen LogP contribution in [-0.2, 0) is 6.42 Å². The van der Waals surface area contributed by atoms with Gasteiger partial charge in [0, 0.05) is 18.7 Å². The number of rotatable bonds is 3.